The Hall–Kier alpha value is -0.600. The zero-order chi connectivity index (χ0) is 14.5. The van der Waals surface area contributed by atoms with Crippen LogP contribution in [0.4, 0.5) is 4.39 Å². The molecule has 0 heterocycles. The fourth-order valence-corrected chi connectivity index (χ4v) is 3.37. The van der Waals surface area contributed by atoms with Gasteiger partial charge in [-0.1, -0.05) is 44.4 Å². The number of halogens is 2. The Kier molecular flexibility index (Phi) is 5.86. The summed E-state index contributed by atoms with van der Waals surface area (Å²) in [6.45, 7) is 5.50. The maximum Gasteiger partial charge on any atom is 0.141 e. The highest BCUT2D eigenvalue weighted by Crippen LogP contribution is 2.37. The summed E-state index contributed by atoms with van der Waals surface area (Å²) >= 11 is 5.95. The van der Waals surface area contributed by atoms with E-state index in [2.05, 4.69) is 19.2 Å². The highest BCUT2D eigenvalue weighted by atomic mass is 35.5. The average molecular weight is 298 g/mol. The largest absolute Gasteiger partial charge is 0.310 e. The molecule has 1 saturated carbocycles. The summed E-state index contributed by atoms with van der Waals surface area (Å²) in [5, 5.41) is 3.87. The van der Waals surface area contributed by atoms with Crippen LogP contribution in [-0.2, 0) is 0 Å². The van der Waals surface area contributed by atoms with E-state index in [-0.39, 0.29) is 10.8 Å². The molecule has 0 bridgehead atoms. The molecule has 1 N–H and O–H groups in total. The summed E-state index contributed by atoms with van der Waals surface area (Å²) in [5.74, 6) is 1.15. The number of rotatable bonds is 5. The summed E-state index contributed by atoms with van der Waals surface area (Å²) < 4.78 is 13.4. The Bertz CT molecular complexity index is 427. The zero-order valence-corrected chi connectivity index (χ0v) is 13.2. The Morgan fingerprint density at radius 3 is 2.60 bits per heavy atom. The monoisotopic (exact) mass is 297 g/mol. The van der Waals surface area contributed by atoms with E-state index in [0.29, 0.717) is 12.0 Å². The predicted molar refractivity (Wildman–Crippen MR) is 83.6 cm³/mol. The maximum atomic E-state index is 13.4. The van der Waals surface area contributed by atoms with Gasteiger partial charge < -0.3 is 5.32 Å². The van der Waals surface area contributed by atoms with Crippen molar-refractivity contribution in [1.82, 2.24) is 5.32 Å². The zero-order valence-electron chi connectivity index (χ0n) is 12.5. The van der Waals surface area contributed by atoms with Gasteiger partial charge in [0, 0.05) is 6.04 Å². The van der Waals surface area contributed by atoms with Gasteiger partial charge in [0.25, 0.3) is 0 Å². The fraction of sp³-hybridized carbons (Fsp3) is 0.647. The van der Waals surface area contributed by atoms with Crippen LogP contribution in [-0.4, -0.2) is 6.54 Å². The van der Waals surface area contributed by atoms with Crippen molar-refractivity contribution in [3.05, 3.63) is 34.6 Å². The molecular weight excluding hydrogens is 273 g/mol. The van der Waals surface area contributed by atoms with E-state index in [0.717, 1.165) is 24.4 Å². The molecule has 1 nitrogen and oxygen atoms in total. The quantitative estimate of drug-likeness (QED) is 0.773. The first-order valence-electron chi connectivity index (χ1n) is 7.80. The van der Waals surface area contributed by atoms with Gasteiger partial charge in [-0.3, -0.25) is 0 Å². The smallest absolute Gasteiger partial charge is 0.141 e. The number of hydrogen-bond acceptors (Lipinski definition) is 1. The minimum absolute atomic E-state index is 0.231. The molecule has 2 rings (SSSR count). The van der Waals surface area contributed by atoms with E-state index in [9.17, 15) is 4.39 Å². The lowest BCUT2D eigenvalue weighted by Gasteiger charge is -2.34. The van der Waals surface area contributed by atoms with E-state index >= 15 is 0 Å². The molecule has 0 saturated heterocycles. The van der Waals surface area contributed by atoms with Gasteiger partial charge in [-0.2, -0.15) is 0 Å². The summed E-state index contributed by atoms with van der Waals surface area (Å²) in [6.07, 6.45) is 6.19. The minimum Gasteiger partial charge on any atom is -0.310 e. The van der Waals surface area contributed by atoms with E-state index in [1.165, 1.54) is 31.7 Å². The third kappa shape index (κ3) is 3.95. The fourth-order valence-electron chi connectivity index (χ4n) is 3.18. The van der Waals surface area contributed by atoms with Gasteiger partial charge in [0.05, 0.1) is 5.02 Å². The van der Waals surface area contributed by atoms with Crippen LogP contribution in [0.15, 0.2) is 18.2 Å². The molecule has 112 valence electrons. The van der Waals surface area contributed by atoms with Crippen molar-refractivity contribution in [2.24, 2.45) is 11.8 Å². The first kappa shape index (κ1) is 15.8. The number of nitrogens with one attached hydrogen (secondary N) is 1. The third-order valence-corrected chi connectivity index (χ3v) is 4.74. The van der Waals surface area contributed by atoms with Crippen LogP contribution < -0.4 is 5.32 Å². The highest BCUT2D eigenvalue weighted by Gasteiger charge is 2.27. The minimum atomic E-state index is -0.332. The molecule has 0 amide bonds. The van der Waals surface area contributed by atoms with E-state index in [4.69, 9.17) is 11.6 Å². The van der Waals surface area contributed by atoms with E-state index in [1.807, 2.05) is 6.07 Å². The molecule has 0 spiro atoms. The average Bonchev–Trinajstić information content (AvgIpc) is 2.45. The lowest BCUT2D eigenvalue weighted by Crippen LogP contribution is -2.31. The highest BCUT2D eigenvalue weighted by molar-refractivity contribution is 6.30. The van der Waals surface area contributed by atoms with Crippen molar-refractivity contribution >= 4 is 11.6 Å². The van der Waals surface area contributed by atoms with Gasteiger partial charge in [0.2, 0.25) is 0 Å². The standard InChI is InChI=1S/C17H25ClFN/c1-3-10-20-17(13-6-4-12(2)5-7-13)14-8-9-16(19)15(18)11-14/h8-9,11-13,17,20H,3-7,10H2,1-2H3. The molecule has 1 unspecified atom stereocenters. The third-order valence-electron chi connectivity index (χ3n) is 4.45. The Labute approximate surface area is 126 Å². The van der Waals surface area contributed by atoms with Crippen LogP contribution in [0.3, 0.4) is 0 Å². The second kappa shape index (κ2) is 7.42. The summed E-state index contributed by atoms with van der Waals surface area (Å²) in [5.41, 5.74) is 1.13. The normalized spacial score (nSPS) is 24.6. The first-order valence-corrected chi connectivity index (χ1v) is 8.18. The van der Waals surface area contributed by atoms with Gasteiger partial charge in [0.1, 0.15) is 5.82 Å². The second-order valence-corrected chi connectivity index (χ2v) is 6.53. The van der Waals surface area contributed by atoms with Gasteiger partial charge in [0.15, 0.2) is 0 Å². The Morgan fingerprint density at radius 2 is 2.00 bits per heavy atom. The molecule has 1 aliphatic carbocycles. The molecule has 3 heteroatoms. The lowest BCUT2D eigenvalue weighted by atomic mass is 9.77. The SMILES string of the molecule is CCCNC(c1ccc(F)c(Cl)c1)C1CCC(C)CC1. The van der Waals surface area contributed by atoms with Crippen molar-refractivity contribution in [1.29, 1.82) is 0 Å². The maximum absolute atomic E-state index is 13.4. The molecule has 0 aliphatic heterocycles. The van der Waals surface area contributed by atoms with Crippen LogP contribution in [0.1, 0.15) is 57.6 Å². The van der Waals surface area contributed by atoms with Crippen LogP contribution in [0.2, 0.25) is 5.02 Å². The molecule has 0 radical (unpaired) electrons. The Balaban J connectivity index is 2.15. The summed E-state index contributed by atoms with van der Waals surface area (Å²) in [6, 6.07) is 5.47. The topological polar surface area (TPSA) is 12.0 Å². The van der Waals surface area contributed by atoms with Gasteiger partial charge in [-0.25, -0.2) is 4.39 Å². The van der Waals surface area contributed by atoms with E-state index < -0.39 is 0 Å². The van der Waals surface area contributed by atoms with Crippen LogP contribution in [0.5, 0.6) is 0 Å². The predicted octanol–water partition coefficient (Wildman–Crippen LogP) is 5.35. The molecule has 0 aromatic heterocycles. The van der Waals surface area contributed by atoms with Crippen molar-refractivity contribution in [3.63, 3.8) is 0 Å². The molecule has 1 aliphatic rings. The summed E-state index contributed by atoms with van der Waals surface area (Å²) in [4.78, 5) is 0. The first-order chi connectivity index (χ1) is 9.61. The molecule has 1 fully saturated rings. The van der Waals surface area contributed by atoms with Crippen molar-refractivity contribution < 1.29 is 4.39 Å². The molecule has 20 heavy (non-hydrogen) atoms. The van der Waals surface area contributed by atoms with Crippen molar-refractivity contribution in [3.8, 4) is 0 Å². The van der Waals surface area contributed by atoms with Crippen molar-refractivity contribution in [2.45, 2.75) is 52.0 Å². The van der Waals surface area contributed by atoms with Gasteiger partial charge in [-0.15, -0.1) is 0 Å². The van der Waals surface area contributed by atoms with Crippen LogP contribution in [0.25, 0.3) is 0 Å². The molecule has 1 aromatic rings. The number of benzene rings is 1. The van der Waals surface area contributed by atoms with Crippen molar-refractivity contribution in [2.75, 3.05) is 6.54 Å². The van der Waals surface area contributed by atoms with Gasteiger partial charge >= 0.3 is 0 Å². The van der Waals surface area contributed by atoms with Gasteiger partial charge in [-0.05, 0) is 55.3 Å². The molecule has 1 atom stereocenters. The molecular formula is C17H25ClFN. The van der Waals surface area contributed by atoms with E-state index in [1.54, 1.807) is 6.07 Å². The Morgan fingerprint density at radius 1 is 1.30 bits per heavy atom. The van der Waals surface area contributed by atoms with Crippen LogP contribution in [0, 0.1) is 17.7 Å². The number of hydrogen-bond donors (Lipinski definition) is 1. The summed E-state index contributed by atoms with van der Waals surface area (Å²) in [7, 11) is 0. The second-order valence-electron chi connectivity index (χ2n) is 6.13. The van der Waals surface area contributed by atoms with Crippen LogP contribution >= 0.6 is 11.6 Å². The molecule has 1 aromatic carbocycles. The lowest BCUT2D eigenvalue weighted by molar-refractivity contribution is 0.231.